The first kappa shape index (κ1) is 13.6. The summed E-state index contributed by atoms with van der Waals surface area (Å²) >= 11 is 0. The van der Waals surface area contributed by atoms with E-state index in [0.717, 1.165) is 11.1 Å². The summed E-state index contributed by atoms with van der Waals surface area (Å²) in [4.78, 5) is 13.8. The number of fused-ring (bicyclic) bond motifs is 1. The maximum Gasteiger partial charge on any atom is 0.246 e. The van der Waals surface area contributed by atoms with E-state index in [2.05, 4.69) is 6.58 Å². The number of carbonyl (C=O) groups is 1. The molecule has 0 saturated heterocycles. The maximum absolute atomic E-state index is 12.2. The van der Waals surface area contributed by atoms with E-state index in [4.69, 9.17) is 4.42 Å². The number of amides is 1. The van der Waals surface area contributed by atoms with Gasteiger partial charge < -0.3 is 14.4 Å². The van der Waals surface area contributed by atoms with E-state index in [1.54, 1.807) is 17.2 Å². The molecule has 0 fully saturated rings. The molecule has 2 aromatic rings. The van der Waals surface area contributed by atoms with Gasteiger partial charge in [-0.25, -0.2) is 0 Å². The Kier molecular flexibility index (Phi) is 3.62. The van der Waals surface area contributed by atoms with Crippen LogP contribution in [0, 0.1) is 0 Å². The van der Waals surface area contributed by atoms with Crippen molar-refractivity contribution < 1.29 is 14.3 Å². The molecule has 0 saturated carbocycles. The molecule has 3 rings (SSSR count). The summed E-state index contributed by atoms with van der Waals surface area (Å²) < 4.78 is 5.32. The van der Waals surface area contributed by atoms with Crippen LogP contribution in [-0.2, 0) is 17.8 Å². The first-order valence-corrected chi connectivity index (χ1v) is 6.92. The summed E-state index contributed by atoms with van der Waals surface area (Å²) in [5, 5.41) is 10.5. The standard InChI is InChI=1S/C17H17NO3/c1-2-16(19)18(11-13-7-5-9-21-13)15-10-12-6-3-4-8-14(12)17(15)20/h2-9,15,17,20H,1,10-11H2/t15-,17-/m0/s1. The summed E-state index contributed by atoms with van der Waals surface area (Å²) in [6, 6.07) is 11.0. The molecule has 0 aliphatic heterocycles. The Hall–Kier alpha value is -2.33. The lowest BCUT2D eigenvalue weighted by atomic mass is 10.1. The van der Waals surface area contributed by atoms with Crippen molar-refractivity contribution in [1.82, 2.24) is 4.90 Å². The minimum absolute atomic E-state index is 0.205. The van der Waals surface area contributed by atoms with Crippen LogP contribution in [0.1, 0.15) is 23.0 Å². The normalized spacial score (nSPS) is 20.0. The monoisotopic (exact) mass is 283 g/mol. The number of furan rings is 1. The van der Waals surface area contributed by atoms with E-state index in [-0.39, 0.29) is 11.9 Å². The number of hydrogen-bond donors (Lipinski definition) is 1. The smallest absolute Gasteiger partial charge is 0.246 e. The number of hydrogen-bond acceptors (Lipinski definition) is 3. The van der Waals surface area contributed by atoms with Crippen molar-refractivity contribution in [1.29, 1.82) is 0 Å². The minimum Gasteiger partial charge on any atom is -0.467 e. The Morgan fingerprint density at radius 3 is 2.86 bits per heavy atom. The van der Waals surface area contributed by atoms with Crippen molar-refractivity contribution in [2.24, 2.45) is 0 Å². The van der Waals surface area contributed by atoms with Crippen molar-refractivity contribution in [3.63, 3.8) is 0 Å². The van der Waals surface area contributed by atoms with Gasteiger partial charge in [-0.2, -0.15) is 0 Å². The predicted octanol–water partition coefficient (Wildman–Crippen LogP) is 2.45. The van der Waals surface area contributed by atoms with Crippen molar-refractivity contribution >= 4 is 5.91 Å². The molecule has 0 unspecified atom stereocenters. The molecule has 2 atom stereocenters. The largest absolute Gasteiger partial charge is 0.467 e. The van der Waals surface area contributed by atoms with Gasteiger partial charge in [-0.3, -0.25) is 4.79 Å². The summed E-state index contributed by atoms with van der Waals surface area (Å²) in [6.07, 6.45) is 2.81. The van der Waals surface area contributed by atoms with Gasteiger partial charge in [0.2, 0.25) is 5.91 Å². The Bertz CT molecular complexity index is 648. The second-order valence-electron chi connectivity index (χ2n) is 5.16. The molecule has 1 aliphatic rings. The predicted molar refractivity (Wildman–Crippen MR) is 78.3 cm³/mol. The zero-order valence-electron chi connectivity index (χ0n) is 11.6. The molecule has 1 aromatic heterocycles. The van der Waals surface area contributed by atoms with Crippen LogP contribution in [0.5, 0.6) is 0 Å². The van der Waals surface area contributed by atoms with Crippen LogP contribution in [0.25, 0.3) is 0 Å². The van der Waals surface area contributed by atoms with E-state index >= 15 is 0 Å². The van der Waals surface area contributed by atoms with Crippen LogP contribution >= 0.6 is 0 Å². The molecule has 1 heterocycles. The van der Waals surface area contributed by atoms with E-state index in [1.807, 2.05) is 30.3 Å². The second kappa shape index (κ2) is 5.58. The first-order valence-electron chi connectivity index (χ1n) is 6.92. The van der Waals surface area contributed by atoms with E-state index in [1.165, 1.54) is 6.08 Å². The SMILES string of the molecule is C=CC(=O)N(Cc1ccco1)[C@H]1Cc2ccccc2[C@@H]1O. The lowest BCUT2D eigenvalue weighted by Gasteiger charge is -2.29. The fraction of sp³-hybridized carbons (Fsp3) is 0.235. The minimum atomic E-state index is -0.680. The molecule has 0 bridgehead atoms. The Balaban J connectivity index is 1.88. The molecule has 1 N–H and O–H groups in total. The molecule has 1 aromatic carbocycles. The number of nitrogens with zero attached hydrogens (tertiary/aromatic N) is 1. The fourth-order valence-corrected chi connectivity index (χ4v) is 2.88. The van der Waals surface area contributed by atoms with Crippen LogP contribution < -0.4 is 0 Å². The van der Waals surface area contributed by atoms with Crippen LogP contribution in [0.15, 0.2) is 59.7 Å². The highest BCUT2D eigenvalue weighted by Crippen LogP contribution is 2.35. The Morgan fingerprint density at radius 1 is 1.38 bits per heavy atom. The molecule has 1 amide bonds. The lowest BCUT2D eigenvalue weighted by molar-refractivity contribution is -0.131. The number of aliphatic hydroxyl groups is 1. The number of rotatable bonds is 4. The third-order valence-electron chi connectivity index (χ3n) is 3.93. The fourth-order valence-electron chi connectivity index (χ4n) is 2.88. The van der Waals surface area contributed by atoms with Gasteiger partial charge in [0.05, 0.1) is 25.0 Å². The van der Waals surface area contributed by atoms with Crippen LogP contribution in [0.3, 0.4) is 0 Å². The van der Waals surface area contributed by atoms with Gasteiger partial charge in [0.1, 0.15) is 5.76 Å². The van der Waals surface area contributed by atoms with Gasteiger partial charge in [0, 0.05) is 0 Å². The highest BCUT2D eigenvalue weighted by atomic mass is 16.3. The zero-order valence-corrected chi connectivity index (χ0v) is 11.6. The summed E-state index contributed by atoms with van der Waals surface area (Å²) in [7, 11) is 0. The average Bonchev–Trinajstić information content (AvgIpc) is 3.13. The van der Waals surface area contributed by atoms with Gasteiger partial charge in [-0.15, -0.1) is 0 Å². The Labute approximate surface area is 123 Å². The van der Waals surface area contributed by atoms with Crippen LogP contribution in [0.4, 0.5) is 0 Å². The van der Waals surface area contributed by atoms with Crippen LogP contribution in [-0.4, -0.2) is 22.0 Å². The molecule has 21 heavy (non-hydrogen) atoms. The molecule has 108 valence electrons. The molecular weight excluding hydrogens is 266 g/mol. The van der Waals surface area contributed by atoms with Gasteiger partial charge in [0.15, 0.2) is 0 Å². The van der Waals surface area contributed by atoms with E-state index in [9.17, 15) is 9.90 Å². The molecule has 4 heteroatoms. The van der Waals surface area contributed by atoms with Crippen molar-refractivity contribution in [2.45, 2.75) is 25.1 Å². The van der Waals surface area contributed by atoms with Crippen molar-refractivity contribution in [3.05, 3.63) is 72.2 Å². The van der Waals surface area contributed by atoms with E-state index < -0.39 is 6.10 Å². The number of carbonyl (C=O) groups excluding carboxylic acids is 1. The van der Waals surface area contributed by atoms with Gasteiger partial charge in [-0.1, -0.05) is 30.8 Å². The van der Waals surface area contributed by atoms with Gasteiger partial charge in [-0.05, 0) is 35.8 Å². The lowest BCUT2D eigenvalue weighted by Crippen LogP contribution is -2.41. The quantitative estimate of drug-likeness (QED) is 0.877. The highest BCUT2D eigenvalue weighted by Gasteiger charge is 2.36. The maximum atomic E-state index is 12.2. The van der Waals surface area contributed by atoms with E-state index in [0.29, 0.717) is 18.7 Å². The average molecular weight is 283 g/mol. The van der Waals surface area contributed by atoms with Crippen molar-refractivity contribution in [2.75, 3.05) is 0 Å². The molecule has 4 nitrogen and oxygen atoms in total. The molecular formula is C17H17NO3. The topological polar surface area (TPSA) is 53.7 Å². The molecule has 0 radical (unpaired) electrons. The third-order valence-corrected chi connectivity index (χ3v) is 3.93. The van der Waals surface area contributed by atoms with Gasteiger partial charge >= 0.3 is 0 Å². The summed E-state index contributed by atoms with van der Waals surface area (Å²) in [5.41, 5.74) is 1.97. The molecule has 1 aliphatic carbocycles. The number of aliphatic hydroxyl groups excluding tert-OH is 1. The summed E-state index contributed by atoms with van der Waals surface area (Å²) in [6.45, 7) is 3.88. The zero-order chi connectivity index (χ0) is 14.8. The molecule has 0 spiro atoms. The highest BCUT2D eigenvalue weighted by molar-refractivity contribution is 5.87. The summed E-state index contributed by atoms with van der Waals surface area (Å²) in [5.74, 6) is 0.483. The van der Waals surface area contributed by atoms with Crippen molar-refractivity contribution in [3.8, 4) is 0 Å². The van der Waals surface area contributed by atoms with Crippen LogP contribution in [0.2, 0.25) is 0 Å². The second-order valence-corrected chi connectivity index (χ2v) is 5.16. The third kappa shape index (κ3) is 2.50. The first-order chi connectivity index (χ1) is 10.2. The Morgan fingerprint density at radius 2 is 2.19 bits per heavy atom. The van der Waals surface area contributed by atoms with Gasteiger partial charge in [0.25, 0.3) is 0 Å². The number of benzene rings is 1.